The van der Waals surface area contributed by atoms with Crippen LogP contribution in [0.4, 0.5) is 5.69 Å². The lowest BCUT2D eigenvalue weighted by Crippen LogP contribution is -2.49. The molecule has 0 unspecified atom stereocenters. The highest BCUT2D eigenvalue weighted by Crippen LogP contribution is 2.46. The lowest BCUT2D eigenvalue weighted by Gasteiger charge is -2.34. The molecule has 0 saturated heterocycles. The number of hydrogen-bond donors (Lipinski definition) is 0. The second kappa shape index (κ2) is 8.98. The number of imide groups is 1. The largest absolute Gasteiger partial charge is 0.400 e. The quantitative estimate of drug-likeness (QED) is 0.317. The first-order valence-electron chi connectivity index (χ1n) is 10.0. The van der Waals surface area contributed by atoms with Crippen LogP contribution in [0, 0.1) is 0 Å². The van der Waals surface area contributed by atoms with Gasteiger partial charge in [0.05, 0.1) is 5.69 Å². The van der Waals surface area contributed by atoms with Gasteiger partial charge in [-0.1, -0.05) is 56.5 Å². The summed E-state index contributed by atoms with van der Waals surface area (Å²) in [5.74, 6) is -0.522. The fourth-order valence-corrected chi connectivity index (χ4v) is 4.97. The van der Waals surface area contributed by atoms with E-state index in [0.29, 0.717) is 12.1 Å². The molecule has 1 aromatic carbocycles. The molecule has 5 heteroatoms. The molecule has 1 aliphatic heterocycles. The van der Waals surface area contributed by atoms with Crippen LogP contribution < -0.4 is 4.90 Å². The maximum Gasteiger partial charge on any atom is 0.270 e. The summed E-state index contributed by atoms with van der Waals surface area (Å²) >= 11 is 0. The fraction of sp³-hybridized carbons (Fsp3) is 0.545. The number of rotatable bonds is 9. The molecule has 1 aliphatic rings. The van der Waals surface area contributed by atoms with E-state index in [1.165, 1.54) is 31.1 Å². The predicted octanol–water partition coefficient (Wildman–Crippen LogP) is 5.54. The predicted molar refractivity (Wildman–Crippen MR) is 113 cm³/mol. The van der Waals surface area contributed by atoms with E-state index in [1.54, 1.807) is 0 Å². The second-order valence-electron chi connectivity index (χ2n) is 8.24. The molecule has 0 spiro atoms. The molecule has 0 saturated carbocycles. The van der Waals surface area contributed by atoms with Crippen LogP contribution >= 0.6 is 0 Å². The van der Waals surface area contributed by atoms with Crippen molar-refractivity contribution in [2.24, 2.45) is 0 Å². The molecule has 27 heavy (non-hydrogen) atoms. The number of nitrogens with zero attached hydrogens (tertiary/aromatic N) is 1. The number of benzene rings is 1. The Morgan fingerprint density at radius 3 is 2.48 bits per heavy atom. The summed E-state index contributed by atoms with van der Waals surface area (Å²) in [5, 5.41) is 0. The third-order valence-corrected chi connectivity index (χ3v) is 5.68. The Labute approximate surface area is 164 Å². The Hall–Kier alpha value is -1.72. The monoisotopic (exact) mass is 387 g/mol. The molecule has 0 bridgehead atoms. The Morgan fingerprint density at radius 2 is 1.85 bits per heavy atom. The standard InChI is InChI=1S/C22H33NO3Si/c1-6-7-8-9-10-11-14-17-22(26-27(3,4)5)19-15-12-13-16-20(19)23(18(2)24)21(22)25/h11-16H,6-10,17H2,1-5H3/b14-11+/t22-/m0/s1. The average molecular weight is 388 g/mol. The number of carbonyl (C=O) groups is 2. The van der Waals surface area contributed by atoms with Gasteiger partial charge in [0.25, 0.3) is 5.91 Å². The van der Waals surface area contributed by atoms with E-state index in [0.717, 1.165) is 18.4 Å². The van der Waals surface area contributed by atoms with Crippen LogP contribution in [0.15, 0.2) is 36.4 Å². The Morgan fingerprint density at radius 1 is 1.15 bits per heavy atom. The van der Waals surface area contributed by atoms with Gasteiger partial charge in [-0.3, -0.25) is 9.59 Å². The molecule has 2 rings (SSSR count). The molecular formula is C22H33NO3Si. The highest BCUT2D eigenvalue weighted by molar-refractivity contribution is 6.70. The fourth-order valence-electron chi connectivity index (χ4n) is 3.64. The van der Waals surface area contributed by atoms with Crippen LogP contribution in [0.2, 0.25) is 19.6 Å². The molecule has 0 aromatic heterocycles. The molecule has 0 radical (unpaired) electrons. The summed E-state index contributed by atoms with van der Waals surface area (Å²) in [6.45, 7) is 9.88. The van der Waals surface area contributed by atoms with E-state index in [2.05, 4.69) is 38.7 Å². The highest BCUT2D eigenvalue weighted by Gasteiger charge is 2.54. The van der Waals surface area contributed by atoms with Crippen molar-refractivity contribution in [1.29, 1.82) is 0 Å². The minimum absolute atomic E-state index is 0.255. The molecule has 0 aliphatic carbocycles. The number of allylic oxidation sites excluding steroid dienone is 1. The van der Waals surface area contributed by atoms with Gasteiger partial charge in [-0.25, -0.2) is 4.90 Å². The van der Waals surface area contributed by atoms with Gasteiger partial charge in [0.15, 0.2) is 13.9 Å². The minimum atomic E-state index is -2.05. The van der Waals surface area contributed by atoms with Crippen LogP contribution in [0.1, 0.15) is 57.9 Å². The third-order valence-electron chi connectivity index (χ3n) is 4.72. The number of carbonyl (C=O) groups excluding carboxylic acids is 2. The molecule has 0 fully saturated rings. The van der Waals surface area contributed by atoms with E-state index >= 15 is 0 Å². The topological polar surface area (TPSA) is 46.6 Å². The Kier molecular flexibility index (Phi) is 7.17. The van der Waals surface area contributed by atoms with E-state index < -0.39 is 13.9 Å². The van der Waals surface area contributed by atoms with Gasteiger partial charge in [0.2, 0.25) is 5.91 Å². The smallest absolute Gasteiger partial charge is 0.270 e. The Bertz CT molecular complexity index is 708. The van der Waals surface area contributed by atoms with Gasteiger partial charge in [0, 0.05) is 18.9 Å². The van der Waals surface area contributed by atoms with Crippen molar-refractivity contribution in [3.63, 3.8) is 0 Å². The van der Waals surface area contributed by atoms with Gasteiger partial charge in [-0.15, -0.1) is 0 Å². The highest BCUT2D eigenvalue weighted by atomic mass is 28.4. The van der Waals surface area contributed by atoms with Gasteiger partial charge < -0.3 is 4.43 Å². The van der Waals surface area contributed by atoms with Crippen LogP contribution in [-0.2, 0) is 19.6 Å². The minimum Gasteiger partial charge on any atom is -0.400 e. The lowest BCUT2D eigenvalue weighted by atomic mass is 9.91. The molecule has 148 valence electrons. The number of amides is 2. The molecule has 0 N–H and O–H groups in total. The van der Waals surface area contributed by atoms with Crippen molar-refractivity contribution in [2.75, 3.05) is 4.90 Å². The molecule has 2 amide bonds. The SMILES string of the molecule is CCCCCC/C=C/C[C@@]1(O[Si](C)(C)C)C(=O)N(C(C)=O)c2ccccc21. The molecule has 4 nitrogen and oxygen atoms in total. The number of unbranched alkanes of at least 4 members (excludes halogenated alkanes) is 4. The number of hydrogen-bond acceptors (Lipinski definition) is 3. The van der Waals surface area contributed by atoms with Gasteiger partial charge >= 0.3 is 0 Å². The molecular weight excluding hydrogens is 354 g/mol. The van der Waals surface area contributed by atoms with Crippen molar-refractivity contribution in [1.82, 2.24) is 0 Å². The summed E-state index contributed by atoms with van der Waals surface area (Å²) in [5.41, 5.74) is 0.375. The first-order chi connectivity index (χ1) is 12.7. The van der Waals surface area contributed by atoms with Gasteiger partial charge in [0.1, 0.15) is 0 Å². The van der Waals surface area contributed by atoms with Crippen LogP contribution in [0.5, 0.6) is 0 Å². The summed E-state index contributed by atoms with van der Waals surface area (Å²) in [6.07, 6.45) is 10.6. The maximum absolute atomic E-state index is 13.4. The van der Waals surface area contributed by atoms with Crippen LogP contribution in [0.25, 0.3) is 0 Å². The van der Waals surface area contributed by atoms with Crippen molar-refractivity contribution >= 4 is 25.8 Å². The number of para-hydroxylation sites is 1. The van der Waals surface area contributed by atoms with Crippen molar-refractivity contribution in [3.05, 3.63) is 42.0 Å². The second-order valence-corrected chi connectivity index (χ2v) is 12.7. The summed E-state index contributed by atoms with van der Waals surface area (Å²) < 4.78 is 6.49. The summed E-state index contributed by atoms with van der Waals surface area (Å²) in [7, 11) is -2.05. The molecule has 1 atom stereocenters. The van der Waals surface area contributed by atoms with Crippen molar-refractivity contribution in [3.8, 4) is 0 Å². The van der Waals surface area contributed by atoms with E-state index in [4.69, 9.17) is 4.43 Å². The van der Waals surface area contributed by atoms with Crippen LogP contribution in [-0.4, -0.2) is 20.1 Å². The summed E-state index contributed by atoms with van der Waals surface area (Å²) in [4.78, 5) is 26.9. The zero-order chi connectivity index (χ0) is 20.1. The van der Waals surface area contributed by atoms with Gasteiger partial charge in [-0.05, 0) is 38.5 Å². The van der Waals surface area contributed by atoms with E-state index in [9.17, 15) is 9.59 Å². The third kappa shape index (κ3) is 4.96. The van der Waals surface area contributed by atoms with E-state index in [1.807, 2.05) is 24.3 Å². The summed E-state index contributed by atoms with van der Waals surface area (Å²) in [6, 6.07) is 7.52. The number of anilines is 1. The number of fused-ring (bicyclic) bond motifs is 1. The van der Waals surface area contributed by atoms with Crippen LogP contribution in [0.3, 0.4) is 0 Å². The van der Waals surface area contributed by atoms with Crippen molar-refractivity contribution in [2.45, 2.75) is 77.6 Å². The molecule has 1 heterocycles. The van der Waals surface area contributed by atoms with Gasteiger partial charge in [-0.2, -0.15) is 0 Å². The molecule has 1 aromatic rings. The normalized spacial score (nSPS) is 19.7. The Balaban J connectivity index is 2.32. The zero-order valence-corrected chi connectivity index (χ0v) is 18.4. The lowest BCUT2D eigenvalue weighted by molar-refractivity contribution is -0.136. The van der Waals surface area contributed by atoms with E-state index in [-0.39, 0.29) is 11.8 Å². The van der Waals surface area contributed by atoms with Crippen molar-refractivity contribution < 1.29 is 14.0 Å². The first kappa shape index (κ1) is 21.6. The average Bonchev–Trinajstić information content (AvgIpc) is 2.82. The first-order valence-corrected chi connectivity index (χ1v) is 13.4. The maximum atomic E-state index is 13.4. The zero-order valence-electron chi connectivity index (χ0n) is 17.4.